The number of ether oxygens (including phenoxy) is 1. The van der Waals surface area contributed by atoms with E-state index in [1.807, 2.05) is 0 Å². The van der Waals surface area contributed by atoms with Gasteiger partial charge in [0, 0.05) is 42.9 Å². The number of pyridine rings is 4. The Morgan fingerprint density at radius 1 is 0.661 bits per heavy atom. The Balaban J connectivity index is 0.000000154. The number of aromatic nitrogens is 12. The minimum atomic E-state index is -2.52. The highest BCUT2D eigenvalue weighted by molar-refractivity contribution is 9.11. The summed E-state index contributed by atoms with van der Waals surface area (Å²) in [4.78, 5) is 27.4. The highest BCUT2D eigenvalue weighted by Crippen LogP contribution is 2.25. The number of rotatable bonds is 7. The van der Waals surface area contributed by atoms with E-state index in [2.05, 4.69) is 82.6 Å². The molecule has 0 aliphatic heterocycles. The average molecular weight is 957 g/mol. The third-order valence-corrected chi connectivity index (χ3v) is 8.84. The Kier molecular flexibility index (Phi) is 14.8. The molecule has 0 aromatic carbocycles. The second-order valence-electron chi connectivity index (χ2n) is 13.1. The first-order valence-corrected chi connectivity index (χ1v) is 18.7. The Hall–Kier alpha value is -5.91. The van der Waals surface area contributed by atoms with Crippen LogP contribution < -0.4 is 11.1 Å². The topological polar surface area (TPSA) is 198 Å². The molecular formula is C35H34Br2F6N14O2. The number of anilines is 2. The maximum atomic E-state index is 12.5. The maximum absolute atomic E-state index is 12.5. The zero-order valence-electron chi connectivity index (χ0n) is 31.1. The third kappa shape index (κ3) is 12.1. The molecule has 0 aliphatic rings. The lowest BCUT2D eigenvalue weighted by Crippen LogP contribution is -2.27. The van der Waals surface area contributed by atoms with Gasteiger partial charge in [-0.1, -0.05) is 0 Å². The van der Waals surface area contributed by atoms with Gasteiger partial charge in [0.25, 0.3) is 19.3 Å². The molecule has 0 radical (unpaired) electrons. The lowest BCUT2D eigenvalue weighted by atomic mass is 10.2. The second kappa shape index (κ2) is 19.7. The number of nitrogen functional groups attached to an aromatic ring is 1. The summed E-state index contributed by atoms with van der Waals surface area (Å²) in [6.45, 7) is 3.86. The second-order valence-corrected chi connectivity index (χ2v) is 14.8. The van der Waals surface area contributed by atoms with Gasteiger partial charge in [0.1, 0.15) is 25.2 Å². The fraction of sp³-hybridized carbons (Fsp3) is 0.286. The van der Waals surface area contributed by atoms with Crippen LogP contribution in [0.25, 0.3) is 43.6 Å². The summed E-state index contributed by atoms with van der Waals surface area (Å²) in [5, 5.41) is 23.8. The number of H-pyrrole nitrogens is 1. The van der Waals surface area contributed by atoms with Crippen LogP contribution in [0, 0.1) is 0 Å². The smallest absolute Gasteiger partial charge is 0.412 e. The zero-order chi connectivity index (χ0) is 42.9. The molecule has 0 atom stereocenters. The average Bonchev–Trinajstić information content (AvgIpc) is 3.97. The molecule has 8 aromatic rings. The minimum absolute atomic E-state index is 0.363. The molecule has 0 unspecified atom stereocenters. The summed E-state index contributed by atoms with van der Waals surface area (Å²) in [6.07, 6.45) is 10.6. The van der Waals surface area contributed by atoms with Crippen LogP contribution in [0.3, 0.4) is 0 Å². The van der Waals surface area contributed by atoms with E-state index >= 15 is 0 Å². The SMILES string of the molecule is Brc1cncc2[nH]ncc12.CC(C)(C)OC(=O)Nc1cncc2c1cnn2CC(F)F.FC(F)Cn1ncc2c(Br)cncc21.Nc1cncc2c1cnn2CC(F)F. The molecule has 0 bridgehead atoms. The molecule has 312 valence electrons. The Bertz CT molecular complexity index is 2540. The van der Waals surface area contributed by atoms with Crippen LogP contribution in [0.5, 0.6) is 0 Å². The molecule has 16 nitrogen and oxygen atoms in total. The third-order valence-electron chi connectivity index (χ3n) is 7.58. The number of halogens is 8. The van der Waals surface area contributed by atoms with Gasteiger partial charge in [-0.3, -0.25) is 44.4 Å². The number of carbonyl (C=O) groups is 1. The molecule has 24 heteroatoms. The first kappa shape index (κ1) is 44.2. The van der Waals surface area contributed by atoms with Crippen molar-refractivity contribution in [3.8, 4) is 0 Å². The van der Waals surface area contributed by atoms with Crippen LogP contribution in [-0.2, 0) is 24.4 Å². The van der Waals surface area contributed by atoms with E-state index in [9.17, 15) is 31.1 Å². The summed E-state index contributed by atoms with van der Waals surface area (Å²) in [6, 6.07) is 0. The van der Waals surface area contributed by atoms with Gasteiger partial charge in [-0.25, -0.2) is 31.1 Å². The van der Waals surface area contributed by atoms with Gasteiger partial charge < -0.3 is 10.5 Å². The minimum Gasteiger partial charge on any atom is -0.444 e. The fourth-order valence-electron chi connectivity index (χ4n) is 5.13. The van der Waals surface area contributed by atoms with E-state index in [0.29, 0.717) is 38.7 Å². The lowest BCUT2D eigenvalue weighted by molar-refractivity contribution is 0.0635. The molecular weight excluding hydrogens is 922 g/mol. The first-order chi connectivity index (χ1) is 28.0. The van der Waals surface area contributed by atoms with Gasteiger partial charge in [-0.05, 0) is 52.6 Å². The molecule has 0 fully saturated rings. The zero-order valence-corrected chi connectivity index (χ0v) is 34.3. The molecule has 0 spiro atoms. The molecule has 8 heterocycles. The van der Waals surface area contributed by atoms with E-state index in [0.717, 1.165) is 29.9 Å². The molecule has 0 saturated heterocycles. The van der Waals surface area contributed by atoms with Crippen molar-refractivity contribution < 1.29 is 35.9 Å². The quantitative estimate of drug-likeness (QED) is 0.130. The summed E-state index contributed by atoms with van der Waals surface area (Å²) >= 11 is 6.63. The predicted molar refractivity (Wildman–Crippen MR) is 214 cm³/mol. The van der Waals surface area contributed by atoms with E-state index < -0.39 is 50.6 Å². The number of aromatic amines is 1. The van der Waals surface area contributed by atoms with Gasteiger partial charge >= 0.3 is 6.09 Å². The number of carbonyl (C=O) groups excluding carboxylic acids is 1. The van der Waals surface area contributed by atoms with Crippen molar-refractivity contribution in [1.82, 2.24) is 59.5 Å². The van der Waals surface area contributed by atoms with Crippen LogP contribution in [0.2, 0.25) is 0 Å². The summed E-state index contributed by atoms with van der Waals surface area (Å²) in [7, 11) is 0. The number of nitrogens with two attached hydrogens (primary N) is 1. The molecule has 1 amide bonds. The number of alkyl halides is 6. The van der Waals surface area contributed by atoms with Gasteiger partial charge in [0.15, 0.2) is 0 Å². The van der Waals surface area contributed by atoms with Crippen molar-refractivity contribution >= 4 is 92.9 Å². The lowest BCUT2D eigenvalue weighted by Gasteiger charge is -2.19. The van der Waals surface area contributed by atoms with Crippen LogP contribution in [0.15, 0.2) is 83.3 Å². The van der Waals surface area contributed by atoms with Crippen molar-refractivity contribution in [3.05, 3.63) is 83.3 Å². The van der Waals surface area contributed by atoms with E-state index in [1.54, 1.807) is 51.8 Å². The molecule has 8 aromatic heterocycles. The van der Waals surface area contributed by atoms with E-state index in [1.165, 1.54) is 52.7 Å². The number of nitrogens with zero attached hydrogens (tertiary/aromatic N) is 11. The Labute approximate surface area is 346 Å². The van der Waals surface area contributed by atoms with Crippen molar-refractivity contribution in [3.63, 3.8) is 0 Å². The van der Waals surface area contributed by atoms with Crippen molar-refractivity contribution in [2.24, 2.45) is 0 Å². The Morgan fingerprint density at radius 2 is 1.12 bits per heavy atom. The van der Waals surface area contributed by atoms with E-state index in [4.69, 9.17) is 10.5 Å². The molecule has 0 aliphatic carbocycles. The fourth-order valence-corrected chi connectivity index (χ4v) is 5.99. The summed E-state index contributed by atoms with van der Waals surface area (Å²) in [5.74, 6) is 0. The largest absolute Gasteiger partial charge is 0.444 e. The molecule has 59 heavy (non-hydrogen) atoms. The normalized spacial score (nSPS) is 11.4. The van der Waals surface area contributed by atoms with Crippen LogP contribution >= 0.6 is 31.9 Å². The van der Waals surface area contributed by atoms with Gasteiger partial charge in [-0.2, -0.15) is 20.4 Å². The monoisotopic (exact) mass is 954 g/mol. The van der Waals surface area contributed by atoms with E-state index in [-0.39, 0.29) is 0 Å². The number of amides is 1. The highest BCUT2D eigenvalue weighted by atomic mass is 79.9. The van der Waals surface area contributed by atoms with Crippen molar-refractivity contribution in [2.45, 2.75) is 65.3 Å². The van der Waals surface area contributed by atoms with Crippen molar-refractivity contribution in [2.75, 3.05) is 11.1 Å². The van der Waals surface area contributed by atoms with Crippen LogP contribution in [-0.4, -0.2) is 90.4 Å². The van der Waals surface area contributed by atoms with Gasteiger partial charge in [-0.15, -0.1) is 0 Å². The number of nitrogens with one attached hydrogen (secondary N) is 2. The molecule has 0 saturated carbocycles. The Morgan fingerprint density at radius 3 is 1.66 bits per heavy atom. The van der Waals surface area contributed by atoms with Crippen LogP contribution in [0.4, 0.5) is 42.5 Å². The van der Waals surface area contributed by atoms with Crippen LogP contribution in [0.1, 0.15) is 20.8 Å². The highest BCUT2D eigenvalue weighted by Gasteiger charge is 2.19. The standard InChI is InChI=1S/C13H16F2N4O2.C8H6BrF2N3.C8H8F2N4.C6H4BrN3/c1-13(2,3)21-12(20)18-9-5-16-6-10-8(9)4-17-19(10)7-11(14)15;9-6-2-12-3-7-5(6)1-13-14(7)4-8(10)11;9-8(10)4-14-7-3-12-2-6(11)5(7)1-13-14;7-5-2-8-3-6-4(5)1-9-10-6/h4-6,11H,7H2,1-3H3,(H,18,20);1-3,8H,4H2;1-3,8H,4,11H2;1-3H,(H,9,10). The first-order valence-electron chi connectivity index (χ1n) is 17.1. The number of fused-ring (bicyclic) bond motifs is 4. The molecule has 4 N–H and O–H groups in total. The number of hydrogen-bond acceptors (Lipinski definition) is 11. The van der Waals surface area contributed by atoms with Gasteiger partial charge in [0.2, 0.25) is 0 Å². The van der Waals surface area contributed by atoms with Crippen molar-refractivity contribution in [1.29, 1.82) is 0 Å². The van der Waals surface area contributed by atoms with Gasteiger partial charge in [0.05, 0.1) is 95.4 Å². The predicted octanol–water partition coefficient (Wildman–Crippen LogP) is 8.50. The maximum Gasteiger partial charge on any atom is 0.412 e. The molecule has 8 rings (SSSR count). The number of hydrogen-bond donors (Lipinski definition) is 3. The summed E-state index contributed by atoms with van der Waals surface area (Å²) < 4.78 is 83.9. The summed E-state index contributed by atoms with van der Waals surface area (Å²) in [5.41, 5.74) is 8.29.